The molecule has 10 nitrogen and oxygen atoms in total. The molecule has 3 rings (SSSR count). The van der Waals surface area contributed by atoms with Gasteiger partial charge in [0.2, 0.25) is 5.91 Å². The highest BCUT2D eigenvalue weighted by atomic mass is 32.1. The molecule has 0 aliphatic rings. The van der Waals surface area contributed by atoms with E-state index in [9.17, 15) is 31.9 Å². The average molecular weight is 526 g/mol. The minimum absolute atomic E-state index is 0.0739. The summed E-state index contributed by atoms with van der Waals surface area (Å²) in [5, 5.41) is 4.00. The van der Waals surface area contributed by atoms with Gasteiger partial charge in [-0.15, -0.1) is 24.5 Å². The summed E-state index contributed by atoms with van der Waals surface area (Å²) in [5.41, 5.74) is 4.80. The number of aromatic nitrogens is 3. The predicted octanol–water partition coefficient (Wildman–Crippen LogP) is 2.90. The van der Waals surface area contributed by atoms with Crippen LogP contribution in [0.5, 0.6) is 5.75 Å². The van der Waals surface area contributed by atoms with E-state index >= 15 is 0 Å². The number of nitrogens with one attached hydrogen (secondary N) is 1. The molecule has 0 bridgehead atoms. The number of rotatable bonds is 7. The number of nitrogen functional groups attached to an aromatic ring is 1. The SMILES string of the molecule is C=N/C=C(/CC(=O)Nc1nc(-c2ccc(F)c(OC(F)(F)F)c2)cs1)c1c(N)n(C)c(=O)n(C)c1=O. The zero-order chi connectivity index (χ0) is 26.8. The van der Waals surface area contributed by atoms with Crippen LogP contribution in [0.4, 0.5) is 28.5 Å². The van der Waals surface area contributed by atoms with Crippen LogP contribution in [-0.2, 0) is 18.9 Å². The van der Waals surface area contributed by atoms with E-state index in [-0.39, 0.29) is 33.3 Å². The highest BCUT2D eigenvalue weighted by Gasteiger charge is 2.32. The fraction of sp³-hybridized carbons (Fsp3) is 0.190. The molecule has 15 heteroatoms. The first kappa shape index (κ1) is 26.3. The third kappa shape index (κ3) is 5.68. The lowest BCUT2D eigenvalue weighted by Gasteiger charge is -2.13. The molecule has 0 radical (unpaired) electrons. The van der Waals surface area contributed by atoms with Crippen LogP contribution in [0, 0.1) is 5.82 Å². The Balaban J connectivity index is 1.84. The number of carbonyl (C=O) groups excluding carboxylic acids is 1. The Morgan fingerprint density at radius 2 is 2.00 bits per heavy atom. The van der Waals surface area contributed by atoms with E-state index in [1.54, 1.807) is 0 Å². The Morgan fingerprint density at radius 3 is 2.64 bits per heavy atom. The zero-order valence-electron chi connectivity index (χ0n) is 18.7. The first-order valence-electron chi connectivity index (χ1n) is 9.84. The molecule has 0 spiro atoms. The minimum Gasteiger partial charge on any atom is -0.403 e. The molecule has 0 unspecified atom stereocenters. The fourth-order valence-corrected chi connectivity index (χ4v) is 3.87. The lowest BCUT2D eigenvalue weighted by atomic mass is 10.1. The van der Waals surface area contributed by atoms with Crippen molar-refractivity contribution in [2.75, 3.05) is 11.1 Å². The molecule has 0 fully saturated rings. The maximum absolute atomic E-state index is 13.7. The van der Waals surface area contributed by atoms with E-state index < -0.39 is 41.5 Å². The van der Waals surface area contributed by atoms with Gasteiger partial charge >= 0.3 is 12.1 Å². The lowest BCUT2D eigenvalue weighted by Crippen LogP contribution is -2.40. The second-order valence-corrected chi connectivity index (χ2v) is 8.12. The van der Waals surface area contributed by atoms with Crippen molar-refractivity contribution < 1.29 is 27.1 Å². The molecule has 0 atom stereocenters. The molecule has 0 saturated carbocycles. The highest BCUT2D eigenvalue weighted by molar-refractivity contribution is 7.14. The molecule has 2 heterocycles. The molecule has 0 aliphatic heterocycles. The predicted molar refractivity (Wildman–Crippen MR) is 126 cm³/mol. The molecular formula is C21H18F4N6O4S. The molecular weight excluding hydrogens is 508 g/mol. The van der Waals surface area contributed by atoms with E-state index in [0.717, 1.165) is 38.8 Å². The minimum atomic E-state index is -5.08. The van der Waals surface area contributed by atoms with Gasteiger partial charge in [0.25, 0.3) is 5.56 Å². The number of halogens is 4. The van der Waals surface area contributed by atoms with Crippen LogP contribution in [-0.4, -0.2) is 33.1 Å². The number of aliphatic imine (C=N–C) groups is 1. The first-order valence-corrected chi connectivity index (χ1v) is 10.7. The highest BCUT2D eigenvalue weighted by Crippen LogP contribution is 2.32. The lowest BCUT2D eigenvalue weighted by molar-refractivity contribution is -0.275. The number of benzene rings is 1. The number of ether oxygens (including phenoxy) is 1. The van der Waals surface area contributed by atoms with Crippen LogP contribution in [0.3, 0.4) is 0 Å². The Hall–Kier alpha value is -4.27. The van der Waals surface area contributed by atoms with Crippen molar-refractivity contribution in [3.63, 3.8) is 0 Å². The van der Waals surface area contributed by atoms with Gasteiger partial charge < -0.3 is 15.8 Å². The van der Waals surface area contributed by atoms with Gasteiger partial charge in [0.05, 0.1) is 17.7 Å². The standard InChI is InChI=1S/C21H18F4N6O4S/c1-27-8-11(16-17(26)30(2)20(34)31(3)18(16)33)7-15(32)29-19-28-13(9-36-19)10-4-5-12(22)14(6-10)35-21(23,24)25/h4-6,8-9H,1,7,26H2,2-3H3,(H,28,29,32)/b11-8-. The van der Waals surface area contributed by atoms with Crippen molar-refractivity contribution in [3.8, 4) is 17.0 Å². The second kappa shape index (κ2) is 10.2. The summed E-state index contributed by atoms with van der Waals surface area (Å²) in [7, 11) is 2.61. The van der Waals surface area contributed by atoms with Crippen molar-refractivity contribution >= 4 is 40.5 Å². The quantitative estimate of drug-likeness (QED) is 0.359. The number of hydrogen-bond donors (Lipinski definition) is 2. The van der Waals surface area contributed by atoms with Crippen LogP contribution in [0.25, 0.3) is 16.8 Å². The third-order valence-electron chi connectivity index (χ3n) is 4.83. The van der Waals surface area contributed by atoms with Crippen LogP contribution in [0.2, 0.25) is 0 Å². The average Bonchev–Trinajstić information content (AvgIpc) is 3.25. The molecule has 3 N–H and O–H groups in total. The number of hydrogen-bond acceptors (Lipinski definition) is 8. The third-order valence-corrected chi connectivity index (χ3v) is 5.59. The van der Waals surface area contributed by atoms with Gasteiger partial charge in [-0.25, -0.2) is 14.2 Å². The van der Waals surface area contributed by atoms with E-state index in [4.69, 9.17) is 5.73 Å². The summed E-state index contributed by atoms with van der Waals surface area (Å²) in [4.78, 5) is 45.1. The van der Waals surface area contributed by atoms with Gasteiger partial charge in [-0.1, -0.05) is 0 Å². The molecule has 0 saturated heterocycles. The number of nitrogens with zero attached hydrogens (tertiary/aromatic N) is 4. The summed E-state index contributed by atoms with van der Waals surface area (Å²) in [6, 6.07) is 2.83. The van der Waals surface area contributed by atoms with Crippen molar-refractivity contribution in [3.05, 3.63) is 62.0 Å². The van der Waals surface area contributed by atoms with E-state index in [1.165, 1.54) is 25.5 Å². The smallest absolute Gasteiger partial charge is 0.403 e. The number of carbonyl (C=O) groups is 1. The van der Waals surface area contributed by atoms with Crippen molar-refractivity contribution in [1.29, 1.82) is 0 Å². The Morgan fingerprint density at radius 1 is 1.31 bits per heavy atom. The summed E-state index contributed by atoms with van der Waals surface area (Å²) >= 11 is 0.954. The number of thiazole rings is 1. The maximum Gasteiger partial charge on any atom is 0.573 e. The number of alkyl halides is 3. The Kier molecular flexibility index (Phi) is 7.43. The van der Waals surface area contributed by atoms with Crippen molar-refractivity contribution in [1.82, 2.24) is 14.1 Å². The van der Waals surface area contributed by atoms with Crippen molar-refractivity contribution in [2.24, 2.45) is 19.1 Å². The molecule has 3 aromatic rings. The van der Waals surface area contributed by atoms with Gasteiger partial charge in [-0.2, -0.15) is 0 Å². The van der Waals surface area contributed by atoms with E-state index in [2.05, 4.69) is 26.7 Å². The number of amides is 1. The maximum atomic E-state index is 13.7. The topological polar surface area (TPSA) is 134 Å². The normalized spacial score (nSPS) is 11.9. The summed E-state index contributed by atoms with van der Waals surface area (Å²) in [6.07, 6.45) is -4.32. The molecule has 36 heavy (non-hydrogen) atoms. The Bertz CT molecular complexity index is 1490. The first-order chi connectivity index (χ1) is 16.8. The molecule has 190 valence electrons. The molecule has 1 aromatic carbocycles. The fourth-order valence-electron chi connectivity index (χ4n) is 3.14. The number of nitrogens with two attached hydrogens (primary N) is 1. The van der Waals surface area contributed by atoms with E-state index in [0.29, 0.717) is 0 Å². The molecule has 0 aliphatic carbocycles. The van der Waals surface area contributed by atoms with E-state index in [1.807, 2.05) is 0 Å². The van der Waals surface area contributed by atoms with Crippen LogP contribution >= 0.6 is 11.3 Å². The molecule has 1 amide bonds. The van der Waals surface area contributed by atoms with Crippen LogP contribution in [0.15, 0.2) is 44.4 Å². The summed E-state index contributed by atoms with van der Waals surface area (Å²) in [6.45, 7) is 3.32. The van der Waals surface area contributed by atoms with Gasteiger partial charge in [0, 0.05) is 31.2 Å². The monoisotopic (exact) mass is 526 g/mol. The van der Waals surface area contributed by atoms with Crippen LogP contribution < -0.4 is 27.0 Å². The van der Waals surface area contributed by atoms with Gasteiger partial charge in [-0.05, 0) is 30.5 Å². The van der Waals surface area contributed by atoms with Gasteiger partial charge in [-0.3, -0.25) is 23.7 Å². The van der Waals surface area contributed by atoms with Gasteiger partial charge in [0.15, 0.2) is 16.7 Å². The Labute approximate surface area is 204 Å². The summed E-state index contributed by atoms with van der Waals surface area (Å²) in [5.74, 6) is -3.04. The largest absolute Gasteiger partial charge is 0.573 e. The second-order valence-electron chi connectivity index (χ2n) is 7.26. The number of anilines is 2. The zero-order valence-corrected chi connectivity index (χ0v) is 19.5. The van der Waals surface area contributed by atoms with Gasteiger partial charge in [0.1, 0.15) is 5.82 Å². The molecule has 2 aromatic heterocycles. The van der Waals surface area contributed by atoms with Crippen molar-refractivity contribution in [2.45, 2.75) is 12.8 Å². The van der Waals surface area contributed by atoms with Crippen LogP contribution in [0.1, 0.15) is 12.0 Å². The summed E-state index contributed by atoms with van der Waals surface area (Å²) < 4.78 is 56.7.